The molecule has 0 aliphatic rings. The Kier molecular flexibility index (Phi) is 3.91. The Morgan fingerprint density at radius 1 is 1.17 bits per heavy atom. The summed E-state index contributed by atoms with van der Waals surface area (Å²) in [6, 6.07) is 12.1. The van der Waals surface area contributed by atoms with Crippen molar-refractivity contribution in [2.75, 3.05) is 6.61 Å². The minimum atomic E-state index is -0.935. The van der Waals surface area contributed by atoms with Crippen LogP contribution in [0.4, 0.5) is 0 Å². The van der Waals surface area contributed by atoms with E-state index in [0.29, 0.717) is 12.4 Å². The lowest BCUT2D eigenvalue weighted by molar-refractivity contribution is 0.0697. The van der Waals surface area contributed by atoms with Crippen LogP contribution in [-0.2, 0) is 6.42 Å². The third-order valence-electron chi connectivity index (χ3n) is 2.45. The van der Waals surface area contributed by atoms with Gasteiger partial charge in [-0.05, 0) is 36.4 Å². The van der Waals surface area contributed by atoms with Crippen molar-refractivity contribution in [1.82, 2.24) is 4.98 Å². The summed E-state index contributed by atoms with van der Waals surface area (Å²) in [5, 5.41) is 8.75. The first kappa shape index (κ1) is 12.1. The van der Waals surface area contributed by atoms with E-state index in [0.717, 1.165) is 12.1 Å². The van der Waals surface area contributed by atoms with Gasteiger partial charge in [0.1, 0.15) is 5.75 Å². The predicted molar refractivity (Wildman–Crippen MR) is 66.8 cm³/mol. The maximum absolute atomic E-state index is 10.7. The molecular formula is C14H13NO3. The van der Waals surface area contributed by atoms with Crippen molar-refractivity contribution < 1.29 is 14.6 Å². The average Bonchev–Trinajstić information content (AvgIpc) is 2.40. The number of rotatable bonds is 5. The Bertz CT molecular complexity index is 508. The van der Waals surface area contributed by atoms with Crippen LogP contribution in [0.1, 0.15) is 16.1 Å². The normalized spacial score (nSPS) is 10.0. The first-order valence-corrected chi connectivity index (χ1v) is 5.62. The van der Waals surface area contributed by atoms with E-state index >= 15 is 0 Å². The summed E-state index contributed by atoms with van der Waals surface area (Å²) in [7, 11) is 0. The molecule has 0 aliphatic heterocycles. The van der Waals surface area contributed by atoms with Crippen molar-refractivity contribution >= 4 is 5.97 Å². The Balaban J connectivity index is 1.85. The Hall–Kier alpha value is -2.36. The molecule has 0 aliphatic carbocycles. The van der Waals surface area contributed by atoms with Gasteiger partial charge in [-0.25, -0.2) is 4.79 Å². The lowest BCUT2D eigenvalue weighted by atomic mass is 10.2. The monoisotopic (exact) mass is 243 g/mol. The second-order valence-electron chi connectivity index (χ2n) is 3.75. The maximum Gasteiger partial charge on any atom is 0.335 e. The molecule has 2 aromatic rings. The highest BCUT2D eigenvalue weighted by Gasteiger charge is 2.02. The molecular weight excluding hydrogens is 230 g/mol. The molecule has 0 saturated heterocycles. The molecule has 0 bridgehead atoms. The van der Waals surface area contributed by atoms with E-state index in [9.17, 15) is 4.79 Å². The van der Waals surface area contributed by atoms with Crippen LogP contribution >= 0.6 is 0 Å². The standard InChI is InChI=1S/C14H13NO3/c16-14(17)11-4-6-13(7-5-11)18-10-8-12-3-1-2-9-15-12/h1-7,9H,8,10H2,(H,16,17). The summed E-state index contributed by atoms with van der Waals surface area (Å²) in [4.78, 5) is 14.9. The average molecular weight is 243 g/mol. The van der Waals surface area contributed by atoms with Crippen molar-refractivity contribution in [3.63, 3.8) is 0 Å². The smallest absolute Gasteiger partial charge is 0.335 e. The van der Waals surface area contributed by atoms with E-state index in [1.165, 1.54) is 12.1 Å². The van der Waals surface area contributed by atoms with Crippen LogP contribution in [0.2, 0.25) is 0 Å². The van der Waals surface area contributed by atoms with Crippen LogP contribution in [0.25, 0.3) is 0 Å². The number of hydrogen-bond acceptors (Lipinski definition) is 3. The van der Waals surface area contributed by atoms with Crippen LogP contribution in [0, 0.1) is 0 Å². The van der Waals surface area contributed by atoms with Gasteiger partial charge in [0.05, 0.1) is 12.2 Å². The SMILES string of the molecule is O=C(O)c1ccc(OCCc2ccccn2)cc1. The Morgan fingerprint density at radius 2 is 1.94 bits per heavy atom. The number of pyridine rings is 1. The van der Waals surface area contributed by atoms with Crippen LogP contribution in [0.3, 0.4) is 0 Å². The van der Waals surface area contributed by atoms with E-state index in [1.54, 1.807) is 18.3 Å². The van der Waals surface area contributed by atoms with Gasteiger partial charge in [0.25, 0.3) is 0 Å². The molecule has 1 aromatic carbocycles. The highest BCUT2D eigenvalue weighted by Crippen LogP contribution is 2.12. The van der Waals surface area contributed by atoms with Gasteiger partial charge in [-0.15, -0.1) is 0 Å². The van der Waals surface area contributed by atoms with Gasteiger partial charge in [0.15, 0.2) is 0 Å². The van der Waals surface area contributed by atoms with Gasteiger partial charge in [-0.3, -0.25) is 4.98 Å². The fourth-order valence-electron chi connectivity index (χ4n) is 1.51. The largest absolute Gasteiger partial charge is 0.493 e. The van der Waals surface area contributed by atoms with Crippen molar-refractivity contribution in [3.8, 4) is 5.75 Å². The Labute approximate surface area is 105 Å². The number of carboxylic acid groups (broad SMARTS) is 1. The quantitative estimate of drug-likeness (QED) is 0.876. The highest BCUT2D eigenvalue weighted by molar-refractivity contribution is 5.87. The number of aromatic nitrogens is 1. The number of carboxylic acids is 1. The van der Waals surface area contributed by atoms with Gasteiger partial charge in [-0.1, -0.05) is 6.07 Å². The molecule has 0 amide bonds. The Morgan fingerprint density at radius 3 is 2.56 bits per heavy atom. The molecule has 0 atom stereocenters. The van der Waals surface area contributed by atoms with Crippen LogP contribution in [0.5, 0.6) is 5.75 Å². The number of nitrogens with zero attached hydrogens (tertiary/aromatic N) is 1. The highest BCUT2D eigenvalue weighted by atomic mass is 16.5. The molecule has 1 aromatic heterocycles. The molecule has 0 spiro atoms. The molecule has 4 nitrogen and oxygen atoms in total. The van der Waals surface area contributed by atoms with Gasteiger partial charge in [0, 0.05) is 18.3 Å². The van der Waals surface area contributed by atoms with Gasteiger partial charge in [-0.2, -0.15) is 0 Å². The first-order chi connectivity index (χ1) is 8.75. The molecule has 0 unspecified atom stereocenters. The zero-order valence-electron chi connectivity index (χ0n) is 9.74. The maximum atomic E-state index is 10.7. The van der Waals surface area contributed by atoms with E-state index in [2.05, 4.69) is 4.98 Å². The molecule has 0 fully saturated rings. The fraction of sp³-hybridized carbons (Fsp3) is 0.143. The molecule has 18 heavy (non-hydrogen) atoms. The minimum absolute atomic E-state index is 0.257. The summed E-state index contributed by atoms with van der Waals surface area (Å²) in [5.74, 6) is -0.272. The molecule has 1 N–H and O–H groups in total. The zero-order chi connectivity index (χ0) is 12.8. The predicted octanol–water partition coefficient (Wildman–Crippen LogP) is 2.40. The number of ether oxygens (including phenoxy) is 1. The van der Waals surface area contributed by atoms with E-state index < -0.39 is 5.97 Å². The zero-order valence-corrected chi connectivity index (χ0v) is 9.74. The number of carbonyl (C=O) groups is 1. The summed E-state index contributed by atoms with van der Waals surface area (Å²) in [6.45, 7) is 0.517. The van der Waals surface area contributed by atoms with Gasteiger partial charge in [0.2, 0.25) is 0 Å². The summed E-state index contributed by atoms with van der Waals surface area (Å²) >= 11 is 0. The molecule has 2 rings (SSSR count). The van der Waals surface area contributed by atoms with Crippen LogP contribution < -0.4 is 4.74 Å². The minimum Gasteiger partial charge on any atom is -0.493 e. The second-order valence-corrected chi connectivity index (χ2v) is 3.75. The molecule has 0 saturated carbocycles. The van der Waals surface area contributed by atoms with Crippen LogP contribution in [0.15, 0.2) is 48.7 Å². The number of benzene rings is 1. The second kappa shape index (κ2) is 5.82. The van der Waals surface area contributed by atoms with E-state index in [-0.39, 0.29) is 5.56 Å². The molecule has 1 heterocycles. The number of hydrogen-bond donors (Lipinski definition) is 1. The summed E-state index contributed by atoms with van der Waals surface area (Å²) < 4.78 is 5.51. The molecule has 4 heteroatoms. The van der Waals surface area contributed by atoms with Crippen molar-refractivity contribution in [2.45, 2.75) is 6.42 Å². The van der Waals surface area contributed by atoms with Crippen molar-refractivity contribution in [3.05, 3.63) is 59.9 Å². The molecule has 92 valence electrons. The van der Waals surface area contributed by atoms with Crippen molar-refractivity contribution in [2.24, 2.45) is 0 Å². The fourth-order valence-corrected chi connectivity index (χ4v) is 1.51. The summed E-state index contributed by atoms with van der Waals surface area (Å²) in [5.41, 5.74) is 1.23. The van der Waals surface area contributed by atoms with E-state index in [1.807, 2.05) is 18.2 Å². The summed E-state index contributed by atoms with van der Waals surface area (Å²) in [6.07, 6.45) is 2.47. The lowest BCUT2D eigenvalue weighted by Crippen LogP contribution is -2.03. The number of aromatic carboxylic acids is 1. The van der Waals surface area contributed by atoms with Gasteiger partial charge >= 0.3 is 5.97 Å². The lowest BCUT2D eigenvalue weighted by Gasteiger charge is -2.05. The van der Waals surface area contributed by atoms with Gasteiger partial charge < -0.3 is 9.84 Å². The first-order valence-electron chi connectivity index (χ1n) is 5.62. The third-order valence-corrected chi connectivity index (χ3v) is 2.45. The molecule has 0 radical (unpaired) electrons. The third kappa shape index (κ3) is 3.31. The van der Waals surface area contributed by atoms with Crippen LogP contribution in [-0.4, -0.2) is 22.7 Å². The van der Waals surface area contributed by atoms with E-state index in [4.69, 9.17) is 9.84 Å². The van der Waals surface area contributed by atoms with Crippen molar-refractivity contribution in [1.29, 1.82) is 0 Å². The topological polar surface area (TPSA) is 59.4 Å².